The normalized spacial score (nSPS) is 23.9. The van der Waals surface area contributed by atoms with Crippen molar-refractivity contribution in [2.45, 2.75) is 32.0 Å². The van der Waals surface area contributed by atoms with Gasteiger partial charge in [-0.3, -0.25) is 4.79 Å². The molecule has 0 amide bonds. The summed E-state index contributed by atoms with van der Waals surface area (Å²) in [5.74, 6) is 0.404. The Balaban J connectivity index is 2.00. The van der Waals surface area contributed by atoms with Crippen molar-refractivity contribution < 1.29 is 9.90 Å². The molecule has 1 aromatic carbocycles. The summed E-state index contributed by atoms with van der Waals surface area (Å²) in [6.07, 6.45) is -0.196. The Labute approximate surface area is 145 Å². The van der Waals surface area contributed by atoms with Crippen LogP contribution >= 0.6 is 11.3 Å². The lowest BCUT2D eigenvalue weighted by molar-refractivity contribution is 0.0292. The summed E-state index contributed by atoms with van der Waals surface area (Å²) < 4.78 is 0. The van der Waals surface area contributed by atoms with Gasteiger partial charge < -0.3 is 15.7 Å². The summed E-state index contributed by atoms with van der Waals surface area (Å²) in [5, 5.41) is 10.2. The summed E-state index contributed by atoms with van der Waals surface area (Å²) in [7, 11) is 1.73. The first kappa shape index (κ1) is 16.7. The maximum Gasteiger partial charge on any atom is 0.193 e. The Bertz CT molecular complexity index is 814. The lowest BCUT2D eigenvalue weighted by Gasteiger charge is -2.38. The van der Waals surface area contributed by atoms with Crippen molar-refractivity contribution in [3.8, 4) is 10.4 Å². The van der Waals surface area contributed by atoms with E-state index in [0.717, 1.165) is 20.9 Å². The SMILES string of the molecule is CC(=O)c1ccc(-c2cccc(C3(C)CC(O)N(C)C(N)=N3)c2)s1. The van der Waals surface area contributed by atoms with Crippen LogP contribution in [0.1, 0.15) is 35.5 Å². The zero-order chi connectivity index (χ0) is 17.5. The molecular weight excluding hydrogens is 322 g/mol. The topological polar surface area (TPSA) is 78.9 Å². The quantitative estimate of drug-likeness (QED) is 0.840. The number of nitrogens with two attached hydrogens (primary N) is 1. The number of benzene rings is 1. The van der Waals surface area contributed by atoms with Gasteiger partial charge in [-0.05, 0) is 43.2 Å². The number of thiophene rings is 1. The molecule has 1 aliphatic rings. The zero-order valence-corrected chi connectivity index (χ0v) is 14.8. The number of aliphatic hydroxyl groups excluding tert-OH is 1. The van der Waals surface area contributed by atoms with Crippen molar-refractivity contribution in [3.05, 3.63) is 46.8 Å². The third kappa shape index (κ3) is 2.95. The van der Waals surface area contributed by atoms with E-state index in [0.29, 0.717) is 12.4 Å². The second kappa shape index (κ2) is 6.03. The molecule has 3 N–H and O–H groups in total. The Kier molecular flexibility index (Phi) is 4.19. The maximum absolute atomic E-state index is 11.5. The second-order valence-electron chi connectivity index (χ2n) is 6.34. The number of guanidine groups is 1. The highest BCUT2D eigenvalue weighted by molar-refractivity contribution is 7.17. The molecule has 3 rings (SSSR count). The number of hydrogen-bond acceptors (Lipinski definition) is 6. The zero-order valence-electron chi connectivity index (χ0n) is 14.0. The Morgan fingerprint density at radius 3 is 2.79 bits per heavy atom. The van der Waals surface area contributed by atoms with Gasteiger partial charge in [0.15, 0.2) is 11.7 Å². The summed E-state index contributed by atoms with van der Waals surface area (Å²) in [6.45, 7) is 3.55. The van der Waals surface area contributed by atoms with Gasteiger partial charge in [0, 0.05) is 18.3 Å². The molecule has 0 saturated carbocycles. The van der Waals surface area contributed by atoms with Crippen molar-refractivity contribution in [2.24, 2.45) is 10.7 Å². The van der Waals surface area contributed by atoms with Gasteiger partial charge in [-0.1, -0.05) is 18.2 Å². The average molecular weight is 343 g/mol. The summed E-state index contributed by atoms with van der Waals surface area (Å²) in [4.78, 5) is 19.5. The second-order valence-corrected chi connectivity index (χ2v) is 7.42. The van der Waals surface area contributed by atoms with E-state index in [4.69, 9.17) is 5.73 Å². The van der Waals surface area contributed by atoms with E-state index in [-0.39, 0.29) is 5.78 Å². The van der Waals surface area contributed by atoms with Gasteiger partial charge in [0.05, 0.1) is 10.4 Å². The van der Waals surface area contributed by atoms with Crippen LogP contribution in [0, 0.1) is 0 Å². The molecule has 0 saturated heterocycles. The molecule has 0 fully saturated rings. The van der Waals surface area contributed by atoms with E-state index in [2.05, 4.69) is 11.1 Å². The summed E-state index contributed by atoms with van der Waals surface area (Å²) in [6, 6.07) is 11.9. The van der Waals surface area contributed by atoms with Gasteiger partial charge in [-0.15, -0.1) is 11.3 Å². The summed E-state index contributed by atoms with van der Waals surface area (Å²) in [5.41, 5.74) is 7.40. The molecule has 24 heavy (non-hydrogen) atoms. The molecule has 2 heterocycles. The number of aliphatic hydroxyl groups is 1. The number of hydrogen-bond donors (Lipinski definition) is 2. The lowest BCUT2D eigenvalue weighted by atomic mass is 9.86. The van der Waals surface area contributed by atoms with Gasteiger partial charge in [0.2, 0.25) is 0 Å². The van der Waals surface area contributed by atoms with Crippen LogP contribution in [0.15, 0.2) is 41.4 Å². The third-order valence-corrected chi connectivity index (χ3v) is 5.71. The average Bonchev–Trinajstić information content (AvgIpc) is 3.03. The minimum absolute atomic E-state index is 0.0742. The minimum Gasteiger partial charge on any atom is -0.373 e. The highest BCUT2D eigenvalue weighted by Crippen LogP contribution is 2.37. The molecule has 6 heteroatoms. The van der Waals surface area contributed by atoms with Crippen LogP contribution < -0.4 is 5.73 Å². The first-order valence-corrected chi connectivity index (χ1v) is 8.60. The smallest absolute Gasteiger partial charge is 0.193 e. The van der Waals surface area contributed by atoms with Crippen molar-refractivity contribution in [3.63, 3.8) is 0 Å². The van der Waals surface area contributed by atoms with Gasteiger partial charge in [0.25, 0.3) is 0 Å². The molecule has 2 atom stereocenters. The number of aliphatic imine (C=N–C) groups is 1. The number of nitrogens with zero attached hydrogens (tertiary/aromatic N) is 2. The van der Waals surface area contributed by atoms with Crippen LogP contribution in [-0.4, -0.2) is 35.0 Å². The monoisotopic (exact) mass is 343 g/mol. The first-order valence-electron chi connectivity index (χ1n) is 7.78. The van der Waals surface area contributed by atoms with E-state index < -0.39 is 11.8 Å². The molecule has 0 bridgehead atoms. The standard InChI is InChI=1S/C18H21N3O2S/c1-11(22)14-7-8-15(24-14)12-5-4-6-13(9-12)18(2)10-16(23)21(3)17(19)20-18/h4-9,16,23H,10H2,1-3H3,(H2,19,20). The van der Waals surface area contributed by atoms with Crippen molar-refractivity contribution in [2.75, 3.05) is 7.05 Å². The van der Waals surface area contributed by atoms with Gasteiger partial charge >= 0.3 is 0 Å². The van der Waals surface area contributed by atoms with Gasteiger partial charge in [-0.25, -0.2) is 4.99 Å². The van der Waals surface area contributed by atoms with E-state index in [1.165, 1.54) is 11.3 Å². The fraction of sp³-hybridized carbons (Fsp3) is 0.333. The fourth-order valence-electron chi connectivity index (χ4n) is 2.89. The van der Waals surface area contributed by atoms with Crippen LogP contribution in [0.4, 0.5) is 0 Å². The number of rotatable bonds is 3. The molecular formula is C18H21N3O2S. The third-order valence-electron chi connectivity index (χ3n) is 4.47. The molecule has 2 unspecified atom stereocenters. The minimum atomic E-state index is -0.665. The van der Waals surface area contributed by atoms with E-state index in [1.807, 2.05) is 37.3 Å². The van der Waals surface area contributed by atoms with E-state index >= 15 is 0 Å². The Hall–Kier alpha value is -2.18. The Morgan fingerprint density at radius 2 is 2.17 bits per heavy atom. The van der Waals surface area contributed by atoms with Crippen LogP contribution in [0.3, 0.4) is 0 Å². The maximum atomic E-state index is 11.5. The molecule has 0 spiro atoms. The van der Waals surface area contributed by atoms with Crippen molar-refractivity contribution >= 4 is 23.1 Å². The summed E-state index contributed by atoms with van der Waals surface area (Å²) >= 11 is 1.48. The molecule has 0 aliphatic carbocycles. The van der Waals surface area contributed by atoms with Crippen LogP contribution in [0.25, 0.3) is 10.4 Å². The molecule has 5 nitrogen and oxygen atoms in total. The fourth-order valence-corrected chi connectivity index (χ4v) is 3.79. The number of ketones is 1. The van der Waals surface area contributed by atoms with Crippen molar-refractivity contribution in [1.82, 2.24) is 4.90 Å². The molecule has 1 aliphatic heterocycles. The number of Topliss-reactive ketones (excluding diaryl/α,β-unsaturated/α-hetero) is 1. The van der Waals surface area contributed by atoms with Crippen LogP contribution in [-0.2, 0) is 5.54 Å². The molecule has 1 aromatic heterocycles. The van der Waals surface area contributed by atoms with Crippen LogP contribution in [0.5, 0.6) is 0 Å². The molecule has 0 radical (unpaired) electrons. The highest BCUT2D eigenvalue weighted by Gasteiger charge is 2.36. The van der Waals surface area contributed by atoms with E-state index in [9.17, 15) is 9.90 Å². The van der Waals surface area contributed by atoms with E-state index in [1.54, 1.807) is 18.9 Å². The predicted octanol–water partition coefficient (Wildman–Crippen LogP) is 2.80. The van der Waals surface area contributed by atoms with Crippen molar-refractivity contribution in [1.29, 1.82) is 0 Å². The highest BCUT2D eigenvalue weighted by atomic mass is 32.1. The molecule has 126 valence electrons. The number of carbonyl (C=O) groups is 1. The largest absolute Gasteiger partial charge is 0.373 e. The Morgan fingerprint density at radius 1 is 1.42 bits per heavy atom. The predicted molar refractivity (Wildman–Crippen MR) is 97.1 cm³/mol. The van der Waals surface area contributed by atoms with Gasteiger partial charge in [0.1, 0.15) is 6.23 Å². The van der Waals surface area contributed by atoms with Crippen LogP contribution in [0.2, 0.25) is 0 Å². The number of carbonyl (C=O) groups excluding carboxylic acids is 1. The first-order chi connectivity index (χ1) is 11.3. The lowest BCUT2D eigenvalue weighted by Crippen LogP contribution is -2.50. The van der Waals surface area contributed by atoms with Gasteiger partial charge in [-0.2, -0.15) is 0 Å². The molecule has 2 aromatic rings.